The van der Waals surface area contributed by atoms with Gasteiger partial charge in [0.05, 0.1) is 0 Å². The fourth-order valence-electron chi connectivity index (χ4n) is 0. The summed E-state index contributed by atoms with van der Waals surface area (Å²) >= 11 is 0. The maximum Gasteiger partial charge on any atom is 0.0428 e. The molecule has 0 aromatic rings. The third kappa shape index (κ3) is 21.6. The third-order valence-corrected chi connectivity index (χ3v) is 0.224. The molecule has 0 aliphatic heterocycles. The molecule has 0 heterocycles. The first kappa shape index (κ1) is 15.9. The SMILES string of the molecule is CCCO.Cl.[Fe]. The van der Waals surface area contributed by atoms with Gasteiger partial charge in [0.1, 0.15) is 0 Å². The second-order valence-corrected chi connectivity index (χ2v) is 0.724. The van der Waals surface area contributed by atoms with Gasteiger partial charge in [-0.15, -0.1) is 12.4 Å². The second kappa shape index (κ2) is 17.1. The summed E-state index contributed by atoms with van der Waals surface area (Å²) in [6.07, 6.45) is 0.875. The number of aliphatic hydroxyl groups excluding tert-OH is 1. The van der Waals surface area contributed by atoms with Crippen molar-refractivity contribution < 1.29 is 22.2 Å². The molecular formula is C3H9ClFeO. The minimum absolute atomic E-state index is 0. The molecule has 1 N–H and O–H groups in total. The maximum atomic E-state index is 7.88. The molecule has 0 aliphatic carbocycles. The van der Waals surface area contributed by atoms with Crippen LogP contribution in [-0.4, -0.2) is 11.7 Å². The van der Waals surface area contributed by atoms with Gasteiger partial charge < -0.3 is 5.11 Å². The zero-order chi connectivity index (χ0) is 3.41. The van der Waals surface area contributed by atoms with Crippen LogP contribution in [0.15, 0.2) is 0 Å². The maximum absolute atomic E-state index is 7.88. The molecule has 0 saturated carbocycles. The first-order chi connectivity index (χ1) is 1.91. The van der Waals surface area contributed by atoms with Gasteiger partial charge in [-0.1, -0.05) is 6.92 Å². The summed E-state index contributed by atoms with van der Waals surface area (Å²) < 4.78 is 0. The standard InChI is InChI=1S/C3H8O.ClH.Fe/c1-2-3-4;;/h4H,2-3H2,1H3;1H;. The molecule has 0 spiro atoms. The molecule has 0 saturated heterocycles. The molecule has 0 atom stereocenters. The molecule has 1 nitrogen and oxygen atoms in total. The number of aliphatic hydroxyl groups is 1. The van der Waals surface area contributed by atoms with Crippen molar-refractivity contribution in [3.05, 3.63) is 0 Å². The van der Waals surface area contributed by atoms with Crippen molar-refractivity contribution in [3.8, 4) is 0 Å². The molecule has 0 aromatic carbocycles. The van der Waals surface area contributed by atoms with Crippen LogP contribution in [-0.2, 0) is 17.1 Å². The topological polar surface area (TPSA) is 20.2 Å². The van der Waals surface area contributed by atoms with Crippen molar-refractivity contribution >= 4 is 12.4 Å². The Bertz CT molecular complexity index is 12.8. The minimum atomic E-state index is 0. The zero-order valence-electron chi connectivity index (χ0n) is 3.62. The summed E-state index contributed by atoms with van der Waals surface area (Å²) in [7, 11) is 0. The summed E-state index contributed by atoms with van der Waals surface area (Å²) in [5.74, 6) is 0. The van der Waals surface area contributed by atoms with Crippen molar-refractivity contribution in [2.75, 3.05) is 6.61 Å². The van der Waals surface area contributed by atoms with E-state index in [0.29, 0.717) is 6.61 Å². The van der Waals surface area contributed by atoms with Crippen LogP contribution >= 0.6 is 12.4 Å². The predicted molar refractivity (Wildman–Crippen MR) is 24.6 cm³/mol. The summed E-state index contributed by atoms with van der Waals surface area (Å²) in [5.41, 5.74) is 0. The van der Waals surface area contributed by atoms with E-state index in [2.05, 4.69) is 0 Å². The third-order valence-electron chi connectivity index (χ3n) is 0.224. The average molecular weight is 152 g/mol. The van der Waals surface area contributed by atoms with Gasteiger partial charge in [-0.2, -0.15) is 0 Å². The number of rotatable bonds is 1. The van der Waals surface area contributed by atoms with Crippen LogP contribution in [0.25, 0.3) is 0 Å². The number of halogens is 1. The number of hydrogen-bond donors (Lipinski definition) is 1. The van der Waals surface area contributed by atoms with E-state index in [4.69, 9.17) is 5.11 Å². The molecule has 0 radical (unpaired) electrons. The van der Waals surface area contributed by atoms with Crippen molar-refractivity contribution in [2.45, 2.75) is 13.3 Å². The molecule has 0 aliphatic rings. The van der Waals surface area contributed by atoms with E-state index in [-0.39, 0.29) is 29.5 Å². The fourth-order valence-corrected chi connectivity index (χ4v) is 0. The van der Waals surface area contributed by atoms with Crippen LogP contribution in [0.1, 0.15) is 13.3 Å². The molecule has 0 aromatic heterocycles. The van der Waals surface area contributed by atoms with Gasteiger partial charge in [-0.3, -0.25) is 0 Å². The van der Waals surface area contributed by atoms with Gasteiger partial charge in [0.2, 0.25) is 0 Å². The normalized spacial score (nSPS) is 5.00. The monoisotopic (exact) mass is 152 g/mol. The molecule has 3 heteroatoms. The van der Waals surface area contributed by atoms with Gasteiger partial charge >= 0.3 is 0 Å². The minimum Gasteiger partial charge on any atom is -0.396 e. The largest absolute Gasteiger partial charge is 0.396 e. The van der Waals surface area contributed by atoms with Crippen LogP contribution in [0.5, 0.6) is 0 Å². The fraction of sp³-hybridized carbons (Fsp3) is 1.00. The van der Waals surface area contributed by atoms with E-state index in [1.807, 2.05) is 6.92 Å². The summed E-state index contributed by atoms with van der Waals surface area (Å²) in [4.78, 5) is 0. The van der Waals surface area contributed by atoms with E-state index in [1.54, 1.807) is 0 Å². The Kier molecular flexibility index (Phi) is 45.2. The Hall–Kier alpha value is 0.769. The summed E-state index contributed by atoms with van der Waals surface area (Å²) in [5, 5.41) is 7.88. The number of hydrogen-bond acceptors (Lipinski definition) is 1. The second-order valence-electron chi connectivity index (χ2n) is 0.724. The molecule has 0 amide bonds. The van der Waals surface area contributed by atoms with Crippen molar-refractivity contribution in [3.63, 3.8) is 0 Å². The van der Waals surface area contributed by atoms with Gasteiger partial charge in [0.15, 0.2) is 0 Å². The first-order valence-corrected chi connectivity index (χ1v) is 1.52. The van der Waals surface area contributed by atoms with E-state index in [9.17, 15) is 0 Å². The molecular weight excluding hydrogens is 143 g/mol. The molecule has 6 heavy (non-hydrogen) atoms. The van der Waals surface area contributed by atoms with Gasteiger partial charge in [0, 0.05) is 23.7 Å². The van der Waals surface area contributed by atoms with Crippen molar-refractivity contribution in [1.29, 1.82) is 0 Å². The molecule has 0 rings (SSSR count). The van der Waals surface area contributed by atoms with Crippen molar-refractivity contribution in [1.82, 2.24) is 0 Å². The van der Waals surface area contributed by atoms with Crippen LogP contribution in [0.4, 0.5) is 0 Å². The van der Waals surface area contributed by atoms with E-state index >= 15 is 0 Å². The Balaban J connectivity index is -0.0000000450. The summed E-state index contributed by atoms with van der Waals surface area (Å²) in [6.45, 7) is 2.25. The quantitative estimate of drug-likeness (QED) is 0.551. The van der Waals surface area contributed by atoms with E-state index in [1.165, 1.54) is 0 Å². The Morgan fingerprint density at radius 2 is 1.67 bits per heavy atom. The molecule has 0 bridgehead atoms. The Morgan fingerprint density at radius 1 is 1.50 bits per heavy atom. The van der Waals surface area contributed by atoms with E-state index in [0.717, 1.165) is 6.42 Å². The van der Waals surface area contributed by atoms with Gasteiger partial charge in [0.25, 0.3) is 0 Å². The van der Waals surface area contributed by atoms with Gasteiger partial charge in [-0.25, -0.2) is 0 Å². The predicted octanol–water partition coefficient (Wildman–Crippen LogP) is 0.808. The van der Waals surface area contributed by atoms with Crippen molar-refractivity contribution in [2.24, 2.45) is 0 Å². The first-order valence-electron chi connectivity index (χ1n) is 1.52. The average Bonchev–Trinajstić information content (AvgIpc) is 1.37. The summed E-state index contributed by atoms with van der Waals surface area (Å²) in [6, 6.07) is 0. The van der Waals surface area contributed by atoms with Crippen LogP contribution in [0, 0.1) is 0 Å². The molecule has 0 fully saturated rings. The van der Waals surface area contributed by atoms with Crippen LogP contribution in [0.2, 0.25) is 0 Å². The Morgan fingerprint density at radius 3 is 1.67 bits per heavy atom. The van der Waals surface area contributed by atoms with E-state index < -0.39 is 0 Å². The zero-order valence-corrected chi connectivity index (χ0v) is 5.54. The molecule has 42 valence electrons. The van der Waals surface area contributed by atoms with Crippen LogP contribution in [0.3, 0.4) is 0 Å². The Labute approximate surface area is 55.0 Å². The smallest absolute Gasteiger partial charge is 0.0428 e. The molecule has 0 unspecified atom stereocenters. The van der Waals surface area contributed by atoms with Crippen LogP contribution < -0.4 is 0 Å². The van der Waals surface area contributed by atoms with Gasteiger partial charge in [-0.05, 0) is 6.42 Å².